The van der Waals surface area contributed by atoms with E-state index in [2.05, 4.69) is 20.6 Å². The highest BCUT2D eigenvalue weighted by molar-refractivity contribution is 6.33. The highest BCUT2D eigenvalue weighted by atomic mass is 35.5. The molecule has 0 fully saturated rings. The van der Waals surface area contributed by atoms with Crippen LogP contribution in [0.1, 0.15) is 35.9 Å². The summed E-state index contributed by atoms with van der Waals surface area (Å²) in [6.07, 6.45) is 3.15. The van der Waals surface area contributed by atoms with Gasteiger partial charge in [0.05, 0.1) is 17.7 Å². The Bertz CT molecular complexity index is 1050. The number of aromatic nitrogens is 2. The van der Waals surface area contributed by atoms with E-state index in [4.69, 9.17) is 19.4 Å². The summed E-state index contributed by atoms with van der Waals surface area (Å²) in [4.78, 5) is 19.7. The minimum atomic E-state index is -0.743. The van der Waals surface area contributed by atoms with Gasteiger partial charge in [-0.25, -0.2) is 9.37 Å². The number of hydrogen-bond donors (Lipinski definition) is 4. The SMILES string of the molecule is [B]C(C)(C)Nc1cc(-c2c[nH]c(C(=O)N[C@H](CO)c3cccc(F)c3)c2)c(Cl)cn1. The van der Waals surface area contributed by atoms with Gasteiger partial charge in [-0.2, -0.15) is 0 Å². The maximum atomic E-state index is 13.5. The van der Waals surface area contributed by atoms with Crippen LogP contribution in [0.2, 0.25) is 5.02 Å². The fraction of sp³-hybridized carbons (Fsp3) is 0.238. The van der Waals surface area contributed by atoms with Crippen molar-refractivity contribution in [3.8, 4) is 11.1 Å². The Morgan fingerprint density at radius 2 is 2.13 bits per heavy atom. The number of carbonyl (C=O) groups is 1. The molecule has 0 aliphatic rings. The molecule has 3 rings (SSSR count). The molecule has 2 radical (unpaired) electrons. The summed E-state index contributed by atoms with van der Waals surface area (Å²) in [6, 6.07) is 8.35. The number of benzene rings is 1. The molecule has 3 aromatic rings. The number of nitrogens with one attached hydrogen (secondary N) is 3. The van der Waals surface area contributed by atoms with Gasteiger partial charge >= 0.3 is 0 Å². The molecule has 0 spiro atoms. The number of nitrogens with zero attached hydrogens (tertiary/aromatic N) is 1. The highest BCUT2D eigenvalue weighted by Crippen LogP contribution is 2.30. The third-order valence-corrected chi connectivity index (χ3v) is 4.58. The van der Waals surface area contributed by atoms with Gasteiger partial charge in [0.2, 0.25) is 0 Å². The van der Waals surface area contributed by atoms with Gasteiger partial charge in [0.1, 0.15) is 25.2 Å². The first-order valence-corrected chi connectivity index (χ1v) is 9.62. The molecule has 154 valence electrons. The average molecular weight is 427 g/mol. The number of amides is 1. The van der Waals surface area contributed by atoms with Crippen LogP contribution in [-0.4, -0.2) is 40.9 Å². The zero-order valence-electron chi connectivity index (χ0n) is 16.5. The van der Waals surface area contributed by atoms with E-state index in [1.807, 2.05) is 0 Å². The van der Waals surface area contributed by atoms with Crippen molar-refractivity contribution < 1.29 is 14.3 Å². The fourth-order valence-corrected chi connectivity index (χ4v) is 3.15. The van der Waals surface area contributed by atoms with Gasteiger partial charge < -0.3 is 20.7 Å². The Hall–Kier alpha value is -2.84. The van der Waals surface area contributed by atoms with E-state index >= 15 is 0 Å². The lowest BCUT2D eigenvalue weighted by Gasteiger charge is -2.22. The van der Waals surface area contributed by atoms with Crippen LogP contribution in [0.4, 0.5) is 10.2 Å². The van der Waals surface area contributed by atoms with Crippen molar-refractivity contribution in [2.24, 2.45) is 0 Å². The molecule has 0 saturated carbocycles. The molecule has 1 atom stereocenters. The third-order valence-electron chi connectivity index (χ3n) is 4.28. The summed E-state index contributed by atoms with van der Waals surface area (Å²) in [5.74, 6) is -0.350. The molecule has 0 saturated heterocycles. The van der Waals surface area contributed by atoms with Crippen LogP contribution in [0.3, 0.4) is 0 Å². The topological polar surface area (TPSA) is 90.0 Å². The molecule has 4 N–H and O–H groups in total. The number of anilines is 1. The van der Waals surface area contributed by atoms with E-state index in [1.165, 1.54) is 24.4 Å². The van der Waals surface area contributed by atoms with Crippen LogP contribution < -0.4 is 10.6 Å². The maximum absolute atomic E-state index is 13.5. The van der Waals surface area contributed by atoms with Crippen LogP contribution in [0.25, 0.3) is 11.1 Å². The monoisotopic (exact) mass is 426 g/mol. The lowest BCUT2D eigenvalue weighted by Crippen LogP contribution is -2.31. The molecular formula is C21H21BClFN4O2. The van der Waals surface area contributed by atoms with Gasteiger partial charge in [-0.1, -0.05) is 37.6 Å². The second-order valence-corrected chi connectivity index (χ2v) is 7.87. The Morgan fingerprint density at radius 1 is 1.37 bits per heavy atom. The molecule has 2 heterocycles. The van der Waals surface area contributed by atoms with E-state index < -0.39 is 23.2 Å². The van der Waals surface area contributed by atoms with Crippen molar-refractivity contribution >= 4 is 31.2 Å². The van der Waals surface area contributed by atoms with Crippen molar-refractivity contribution in [3.05, 3.63) is 70.9 Å². The second kappa shape index (κ2) is 8.89. The number of halogens is 2. The predicted octanol–water partition coefficient (Wildman–Crippen LogP) is 3.65. The van der Waals surface area contributed by atoms with E-state index in [9.17, 15) is 14.3 Å². The summed E-state index contributed by atoms with van der Waals surface area (Å²) in [7, 11) is 5.97. The number of aliphatic hydroxyl groups is 1. The van der Waals surface area contributed by atoms with Crippen molar-refractivity contribution in [1.29, 1.82) is 0 Å². The minimum absolute atomic E-state index is 0.265. The van der Waals surface area contributed by atoms with E-state index in [0.717, 1.165) is 0 Å². The zero-order valence-corrected chi connectivity index (χ0v) is 17.3. The number of H-pyrrole nitrogens is 1. The van der Waals surface area contributed by atoms with Crippen LogP contribution in [0, 0.1) is 5.82 Å². The van der Waals surface area contributed by atoms with Gasteiger partial charge in [-0.05, 0) is 35.3 Å². The lowest BCUT2D eigenvalue weighted by atomic mass is 9.82. The molecule has 0 aliphatic carbocycles. The largest absolute Gasteiger partial charge is 0.394 e. The lowest BCUT2D eigenvalue weighted by molar-refractivity contribution is 0.0911. The molecule has 0 bridgehead atoms. The van der Waals surface area contributed by atoms with E-state index in [0.29, 0.717) is 27.5 Å². The first-order valence-electron chi connectivity index (χ1n) is 9.25. The van der Waals surface area contributed by atoms with Crippen molar-refractivity contribution in [2.45, 2.75) is 25.3 Å². The summed E-state index contributed by atoms with van der Waals surface area (Å²) in [5.41, 5.74) is 1.41. The normalized spacial score (nSPS) is 12.4. The zero-order chi connectivity index (χ0) is 21.9. The van der Waals surface area contributed by atoms with E-state index in [-0.39, 0.29) is 12.3 Å². The number of hydrogen-bond acceptors (Lipinski definition) is 4. The van der Waals surface area contributed by atoms with Crippen LogP contribution in [0.5, 0.6) is 0 Å². The average Bonchev–Trinajstić information content (AvgIpc) is 3.16. The van der Waals surface area contributed by atoms with Crippen LogP contribution in [-0.2, 0) is 0 Å². The van der Waals surface area contributed by atoms with Crippen LogP contribution >= 0.6 is 11.6 Å². The summed E-state index contributed by atoms with van der Waals surface area (Å²) in [6.45, 7) is 3.23. The molecule has 9 heteroatoms. The smallest absolute Gasteiger partial charge is 0.268 e. The summed E-state index contributed by atoms with van der Waals surface area (Å²) in [5, 5.41) is 15.8. The number of carbonyl (C=O) groups excluding carboxylic acids is 1. The van der Waals surface area contributed by atoms with Gasteiger partial charge in [0, 0.05) is 23.5 Å². The summed E-state index contributed by atoms with van der Waals surface area (Å²) >= 11 is 6.29. The molecule has 0 aliphatic heterocycles. The maximum Gasteiger partial charge on any atom is 0.268 e. The molecule has 30 heavy (non-hydrogen) atoms. The molecule has 2 aromatic heterocycles. The summed E-state index contributed by atoms with van der Waals surface area (Å²) < 4.78 is 13.5. The fourth-order valence-electron chi connectivity index (χ4n) is 2.93. The third kappa shape index (κ3) is 5.40. The van der Waals surface area contributed by atoms with Crippen molar-refractivity contribution in [2.75, 3.05) is 11.9 Å². The Kier molecular flexibility index (Phi) is 6.48. The van der Waals surface area contributed by atoms with Crippen molar-refractivity contribution in [1.82, 2.24) is 15.3 Å². The first-order chi connectivity index (χ1) is 14.2. The Labute approximate surface area is 180 Å². The van der Waals surface area contributed by atoms with Gasteiger partial charge in [-0.15, -0.1) is 0 Å². The van der Waals surface area contributed by atoms with Gasteiger partial charge in [0.15, 0.2) is 0 Å². The first kappa shape index (κ1) is 21.9. The second-order valence-electron chi connectivity index (χ2n) is 7.46. The minimum Gasteiger partial charge on any atom is -0.394 e. The number of aromatic amines is 1. The highest BCUT2D eigenvalue weighted by Gasteiger charge is 2.18. The van der Waals surface area contributed by atoms with E-state index in [1.54, 1.807) is 38.2 Å². The number of rotatable bonds is 7. The molecular weight excluding hydrogens is 406 g/mol. The molecule has 1 aromatic carbocycles. The van der Waals surface area contributed by atoms with Crippen molar-refractivity contribution in [3.63, 3.8) is 0 Å². The van der Waals surface area contributed by atoms with Crippen LogP contribution in [0.15, 0.2) is 48.8 Å². The Balaban J connectivity index is 1.80. The molecule has 6 nitrogen and oxygen atoms in total. The van der Waals surface area contributed by atoms with Gasteiger partial charge in [0.25, 0.3) is 5.91 Å². The predicted molar refractivity (Wildman–Crippen MR) is 116 cm³/mol. The number of aliphatic hydroxyl groups excluding tert-OH is 1. The number of pyridine rings is 1. The standard InChI is InChI=1S/C21H21BClFN4O2/c1-21(2,22)28-19-8-15(16(23)10-26-19)13-7-17(25-9-13)20(30)27-18(11-29)12-4-3-5-14(24)6-12/h3-10,18,25,29H,11H2,1-2H3,(H,26,28)(H,27,30)/t18-/m1/s1. The van der Waals surface area contributed by atoms with Gasteiger partial charge in [-0.3, -0.25) is 4.79 Å². The quantitative estimate of drug-likeness (QED) is 0.434. The molecule has 0 unspecified atom stereocenters. The Morgan fingerprint density at radius 3 is 2.80 bits per heavy atom. The molecule has 1 amide bonds.